The Morgan fingerprint density at radius 2 is 1.67 bits per heavy atom. The maximum Gasteiger partial charge on any atom is 0.122 e. The van der Waals surface area contributed by atoms with Crippen molar-refractivity contribution in [2.24, 2.45) is 5.73 Å². The largest absolute Gasteiger partial charge is 0.496 e. The van der Waals surface area contributed by atoms with E-state index in [0.717, 1.165) is 5.75 Å². The van der Waals surface area contributed by atoms with Gasteiger partial charge < -0.3 is 10.5 Å². The molecule has 0 bridgehead atoms. The molecule has 0 aliphatic rings. The summed E-state index contributed by atoms with van der Waals surface area (Å²) in [5.41, 5.74) is 10.7. The van der Waals surface area contributed by atoms with Crippen molar-refractivity contribution in [1.82, 2.24) is 0 Å². The normalized spacial score (nSPS) is 11.7. The molecule has 0 unspecified atom stereocenters. The minimum Gasteiger partial charge on any atom is -0.496 e. The lowest BCUT2D eigenvalue weighted by Crippen LogP contribution is -2.31. The van der Waals surface area contributed by atoms with Gasteiger partial charge in [0.1, 0.15) is 5.75 Å². The average molecular weight is 207 g/mol. The van der Waals surface area contributed by atoms with E-state index in [1.54, 1.807) is 7.11 Å². The third-order valence-electron chi connectivity index (χ3n) is 2.91. The highest BCUT2D eigenvalue weighted by molar-refractivity contribution is 5.50. The van der Waals surface area contributed by atoms with Crippen LogP contribution < -0.4 is 10.5 Å². The number of benzene rings is 1. The number of rotatable bonds is 2. The Balaban J connectivity index is 3.50. The van der Waals surface area contributed by atoms with Crippen molar-refractivity contribution >= 4 is 0 Å². The molecule has 1 aromatic rings. The van der Waals surface area contributed by atoms with Crippen LogP contribution >= 0.6 is 0 Å². The van der Waals surface area contributed by atoms with Gasteiger partial charge >= 0.3 is 0 Å². The molecule has 0 aliphatic carbocycles. The molecule has 0 atom stereocenters. The van der Waals surface area contributed by atoms with Gasteiger partial charge in [0.05, 0.1) is 7.11 Å². The lowest BCUT2D eigenvalue weighted by Gasteiger charge is -2.26. The molecule has 0 fully saturated rings. The summed E-state index contributed by atoms with van der Waals surface area (Å²) in [5, 5.41) is 0. The predicted molar refractivity (Wildman–Crippen MR) is 64.4 cm³/mol. The molecule has 0 heterocycles. The van der Waals surface area contributed by atoms with Gasteiger partial charge in [-0.3, -0.25) is 0 Å². The van der Waals surface area contributed by atoms with Crippen LogP contribution in [0.25, 0.3) is 0 Å². The van der Waals surface area contributed by atoms with E-state index in [-0.39, 0.29) is 5.54 Å². The summed E-state index contributed by atoms with van der Waals surface area (Å²) in [5.74, 6) is 0.943. The minimum atomic E-state index is -0.300. The van der Waals surface area contributed by atoms with Crippen molar-refractivity contribution in [3.63, 3.8) is 0 Å². The first kappa shape index (κ1) is 12.1. The van der Waals surface area contributed by atoms with Crippen molar-refractivity contribution < 1.29 is 4.74 Å². The van der Waals surface area contributed by atoms with Gasteiger partial charge in [-0.25, -0.2) is 0 Å². The van der Waals surface area contributed by atoms with Crippen LogP contribution in [-0.2, 0) is 5.54 Å². The van der Waals surface area contributed by atoms with Gasteiger partial charge in [-0.15, -0.1) is 0 Å². The monoisotopic (exact) mass is 207 g/mol. The SMILES string of the molecule is COc1cc(C)c(C(C)(C)N)c(C)c1C. The summed E-state index contributed by atoms with van der Waals surface area (Å²) in [6, 6.07) is 2.06. The quantitative estimate of drug-likeness (QED) is 0.809. The first-order valence-electron chi connectivity index (χ1n) is 5.23. The van der Waals surface area contributed by atoms with E-state index in [0.29, 0.717) is 0 Å². The third-order valence-corrected chi connectivity index (χ3v) is 2.91. The molecule has 0 aliphatic heterocycles. The third kappa shape index (κ3) is 2.15. The van der Waals surface area contributed by atoms with E-state index in [1.165, 1.54) is 22.3 Å². The highest BCUT2D eigenvalue weighted by Crippen LogP contribution is 2.32. The second kappa shape index (κ2) is 3.86. The van der Waals surface area contributed by atoms with Gasteiger partial charge in [0.25, 0.3) is 0 Å². The first-order chi connectivity index (χ1) is 6.79. The predicted octanol–water partition coefficient (Wildman–Crippen LogP) is 2.81. The highest BCUT2D eigenvalue weighted by Gasteiger charge is 2.21. The van der Waals surface area contributed by atoms with Gasteiger partial charge in [0.2, 0.25) is 0 Å². The van der Waals surface area contributed by atoms with Crippen molar-refractivity contribution in [2.45, 2.75) is 40.2 Å². The Morgan fingerprint density at radius 1 is 1.13 bits per heavy atom. The van der Waals surface area contributed by atoms with Crippen LogP contribution in [0, 0.1) is 20.8 Å². The second-order valence-corrected chi connectivity index (χ2v) is 4.74. The van der Waals surface area contributed by atoms with E-state index in [1.807, 2.05) is 13.8 Å². The average Bonchev–Trinajstić information content (AvgIpc) is 2.09. The molecular formula is C13H21NO. The molecule has 2 N–H and O–H groups in total. The summed E-state index contributed by atoms with van der Waals surface area (Å²) in [4.78, 5) is 0. The lowest BCUT2D eigenvalue weighted by atomic mass is 9.85. The molecule has 1 aromatic carbocycles. The van der Waals surface area contributed by atoms with Crippen LogP contribution in [0.2, 0.25) is 0 Å². The van der Waals surface area contributed by atoms with Gasteiger partial charge in [-0.05, 0) is 62.9 Å². The molecule has 2 nitrogen and oxygen atoms in total. The highest BCUT2D eigenvalue weighted by atomic mass is 16.5. The lowest BCUT2D eigenvalue weighted by molar-refractivity contribution is 0.409. The summed E-state index contributed by atoms with van der Waals surface area (Å²) >= 11 is 0. The fraction of sp³-hybridized carbons (Fsp3) is 0.538. The molecule has 0 spiro atoms. The summed E-state index contributed by atoms with van der Waals surface area (Å²) in [6.07, 6.45) is 0. The van der Waals surface area contributed by atoms with Gasteiger partial charge in [0.15, 0.2) is 0 Å². The molecule has 0 saturated heterocycles. The summed E-state index contributed by atoms with van der Waals surface area (Å²) < 4.78 is 5.33. The molecule has 15 heavy (non-hydrogen) atoms. The molecule has 2 heteroatoms. The van der Waals surface area contributed by atoms with E-state index >= 15 is 0 Å². The van der Waals surface area contributed by atoms with E-state index in [9.17, 15) is 0 Å². The Labute approximate surface area is 92.4 Å². The number of hydrogen-bond donors (Lipinski definition) is 1. The smallest absolute Gasteiger partial charge is 0.122 e. The Kier molecular flexibility index (Phi) is 3.10. The molecule has 84 valence electrons. The molecule has 0 amide bonds. The van der Waals surface area contributed by atoms with Crippen molar-refractivity contribution in [3.8, 4) is 5.75 Å². The maximum atomic E-state index is 6.18. The molecular weight excluding hydrogens is 186 g/mol. The summed E-state index contributed by atoms with van der Waals surface area (Å²) in [6.45, 7) is 10.3. The van der Waals surface area contributed by atoms with Crippen molar-refractivity contribution in [3.05, 3.63) is 28.3 Å². The van der Waals surface area contributed by atoms with Crippen LogP contribution in [0.15, 0.2) is 6.07 Å². The summed E-state index contributed by atoms with van der Waals surface area (Å²) in [7, 11) is 1.70. The van der Waals surface area contributed by atoms with E-state index in [2.05, 4.69) is 26.8 Å². The van der Waals surface area contributed by atoms with Crippen LogP contribution in [0.1, 0.15) is 36.1 Å². The van der Waals surface area contributed by atoms with Crippen LogP contribution in [-0.4, -0.2) is 7.11 Å². The minimum absolute atomic E-state index is 0.300. The first-order valence-corrected chi connectivity index (χ1v) is 5.23. The van der Waals surface area contributed by atoms with E-state index < -0.39 is 0 Å². The van der Waals surface area contributed by atoms with Gasteiger partial charge in [-0.1, -0.05) is 0 Å². The topological polar surface area (TPSA) is 35.2 Å². The number of hydrogen-bond acceptors (Lipinski definition) is 2. The Bertz CT molecular complexity index is 375. The fourth-order valence-corrected chi connectivity index (χ4v) is 2.25. The van der Waals surface area contributed by atoms with Crippen molar-refractivity contribution in [1.29, 1.82) is 0 Å². The Hall–Kier alpha value is -1.02. The molecule has 0 radical (unpaired) electrons. The van der Waals surface area contributed by atoms with Crippen molar-refractivity contribution in [2.75, 3.05) is 7.11 Å². The van der Waals surface area contributed by atoms with Crippen LogP contribution in [0.5, 0.6) is 5.75 Å². The molecule has 0 saturated carbocycles. The van der Waals surface area contributed by atoms with Crippen LogP contribution in [0.4, 0.5) is 0 Å². The zero-order valence-electron chi connectivity index (χ0n) is 10.6. The number of ether oxygens (including phenoxy) is 1. The number of methoxy groups -OCH3 is 1. The number of aryl methyl sites for hydroxylation is 1. The van der Waals surface area contributed by atoms with Gasteiger partial charge in [-0.2, -0.15) is 0 Å². The standard InChI is InChI=1S/C13H21NO/c1-8-7-11(15-6)9(2)10(3)12(8)13(4,5)14/h7H,14H2,1-6H3. The van der Waals surface area contributed by atoms with Crippen LogP contribution in [0.3, 0.4) is 0 Å². The molecule has 0 aromatic heterocycles. The number of nitrogens with two attached hydrogens (primary N) is 1. The van der Waals surface area contributed by atoms with Gasteiger partial charge in [0, 0.05) is 5.54 Å². The zero-order chi connectivity index (χ0) is 11.8. The van der Waals surface area contributed by atoms with E-state index in [4.69, 9.17) is 10.5 Å². The zero-order valence-corrected chi connectivity index (χ0v) is 10.6. The Morgan fingerprint density at radius 3 is 2.07 bits per heavy atom. The fourth-order valence-electron chi connectivity index (χ4n) is 2.25. The maximum absolute atomic E-state index is 6.18. The second-order valence-electron chi connectivity index (χ2n) is 4.74. The molecule has 1 rings (SSSR count).